The zero-order valence-corrected chi connectivity index (χ0v) is 13.6. The van der Waals surface area contributed by atoms with Gasteiger partial charge in [0.25, 0.3) is 0 Å². The Bertz CT molecular complexity index is 582. The molecule has 1 atom stereocenters. The third-order valence-electron chi connectivity index (χ3n) is 3.14. The Hall–Kier alpha value is -1.52. The number of alkyl halides is 1. The first kappa shape index (κ1) is 17.5. The van der Waals surface area contributed by atoms with E-state index in [9.17, 15) is 4.79 Å². The van der Waals surface area contributed by atoms with Gasteiger partial charge in [-0.05, 0) is 31.0 Å². The number of nitrogens with zero attached hydrogens (tertiary/aromatic N) is 2. The molecule has 2 aromatic rings. The summed E-state index contributed by atoms with van der Waals surface area (Å²) in [5, 5.41) is 6.98. The lowest BCUT2D eigenvalue weighted by atomic mass is 10.1. The van der Waals surface area contributed by atoms with Crippen LogP contribution in [0, 0.1) is 0 Å². The summed E-state index contributed by atoms with van der Waals surface area (Å²) in [6.07, 6.45) is 4.31. The van der Waals surface area contributed by atoms with E-state index >= 15 is 0 Å². The molecule has 0 aliphatic carbocycles. The van der Waals surface area contributed by atoms with E-state index in [0.29, 0.717) is 6.54 Å². The second kappa shape index (κ2) is 7.48. The smallest absolute Gasteiger partial charge is 0.247 e. The van der Waals surface area contributed by atoms with Gasteiger partial charge in [-0.2, -0.15) is 5.10 Å². The van der Waals surface area contributed by atoms with E-state index in [0.717, 1.165) is 17.7 Å². The van der Waals surface area contributed by atoms with Crippen molar-refractivity contribution < 1.29 is 4.79 Å². The first-order valence-corrected chi connectivity index (χ1v) is 6.96. The van der Waals surface area contributed by atoms with E-state index in [4.69, 9.17) is 11.6 Å². The van der Waals surface area contributed by atoms with Gasteiger partial charge in [0.05, 0.1) is 6.54 Å². The van der Waals surface area contributed by atoms with Crippen molar-refractivity contribution in [3.05, 3.63) is 48.3 Å². The number of carbonyl (C=O) groups excluding carboxylic acids is 1. The molecule has 1 N–H and O–H groups in total. The summed E-state index contributed by atoms with van der Waals surface area (Å²) in [5.41, 5.74) is 1.90. The first-order chi connectivity index (χ1) is 9.53. The minimum atomic E-state index is -1.05. The van der Waals surface area contributed by atoms with Crippen molar-refractivity contribution in [1.82, 2.24) is 9.78 Å². The third kappa shape index (κ3) is 4.48. The maximum absolute atomic E-state index is 12.3. The maximum Gasteiger partial charge on any atom is 0.247 e. The highest BCUT2D eigenvalue weighted by Crippen LogP contribution is 2.22. The van der Waals surface area contributed by atoms with E-state index in [1.807, 2.05) is 24.3 Å². The van der Waals surface area contributed by atoms with Gasteiger partial charge in [0.2, 0.25) is 5.91 Å². The Labute approximate surface area is 135 Å². The van der Waals surface area contributed by atoms with Crippen molar-refractivity contribution in [2.24, 2.45) is 0 Å². The SMILES string of the molecule is CCc1ccccc1NC(=O)C(C)(Cl)Cn1cccn1.Cl. The van der Waals surface area contributed by atoms with Gasteiger partial charge in [0, 0.05) is 18.1 Å². The van der Waals surface area contributed by atoms with Gasteiger partial charge in [0.1, 0.15) is 4.87 Å². The minimum absolute atomic E-state index is 0. The molecule has 1 heterocycles. The molecule has 2 rings (SSSR count). The molecule has 0 aliphatic rings. The van der Waals surface area contributed by atoms with Gasteiger partial charge in [-0.25, -0.2) is 0 Å². The Kier molecular flexibility index (Phi) is 6.24. The van der Waals surface area contributed by atoms with Gasteiger partial charge in [-0.3, -0.25) is 9.48 Å². The molecular formula is C15H19Cl2N3O. The Morgan fingerprint density at radius 2 is 2.10 bits per heavy atom. The Morgan fingerprint density at radius 3 is 2.71 bits per heavy atom. The number of anilines is 1. The lowest BCUT2D eigenvalue weighted by Crippen LogP contribution is -2.39. The quantitative estimate of drug-likeness (QED) is 0.854. The van der Waals surface area contributed by atoms with Crippen LogP contribution in [0.3, 0.4) is 0 Å². The molecule has 0 aliphatic heterocycles. The first-order valence-electron chi connectivity index (χ1n) is 6.58. The Balaban J connectivity index is 0.00000220. The number of hydrogen-bond donors (Lipinski definition) is 1. The van der Waals surface area contributed by atoms with Gasteiger partial charge in [-0.15, -0.1) is 24.0 Å². The fraction of sp³-hybridized carbons (Fsp3) is 0.333. The van der Waals surface area contributed by atoms with Crippen molar-refractivity contribution in [2.45, 2.75) is 31.7 Å². The fourth-order valence-corrected chi connectivity index (χ4v) is 2.14. The standard InChI is InChI=1S/C15H18ClN3O.ClH/c1-3-12-7-4-5-8-13(12)18-14(20)15(2,16)11-19-10-6-9-17-19;/h4-10H,3,11H2,1-2H3,(H,18,20);1H. The molecular weight excluding hydrogens is 309 g/mol. The van der Waals surface area contributed by atoms with Crippen LogP contribution in [0.1, 0.15) is 19.4 Å². The van der Waals surface area contributed by atoms with Crippen LogP contribution in [0.2, 0.25) is 0 Å². The molecule has 0 fully saturated rings. The number of rotatable bonds is 5. The molecule has 0 spiro atoms. The molecule has 0 bridgehead atoms. The van der Waals surface area contributed by atoms with Crippen LogP contribution in [0.4, 0.5) is 5.69 Å². The molecule has 4 nitrogen and oxygen atoms in total. The van der Waals surface area contributed by atoms with Crippen molar-refractivity contribution in [3.8, 4) is 0 Å². The summed E-state index contributed by atoms with van der Waals surface area (Å²) in [7, 11) is 0. The van der Waals surface area contributed by atoms with Crippen LogP contribution in [-0.4, -0.2) is 20.6 Å². The summed E-state index contributed by atoms with van der Waals surface area (Å²) in [6.45, 7) is 4.07. The van der Waals surface area contributed by atoms with E-state index in [1.165, 1.54) is 0 Å². The molecule has 1 aromatic heterocycles. The average Bonchev–Trinajstić information content (AvgIpc) is 2.91. The van der Waals surface area contributed by atoms with Crippen molar-refractivity contribution in [1.29, 1.82) is 0 Å². The number of aromatic nitrogens is 2. The summed E-state index contributed by atoms with van der Waals surface area (Å²) < 4.78 is 1.65. The van der Waals surface area contributed by atoms with Crippen molar-refractivity contribution >= 4 is 35.6 Å². The third-order valence-corrected chi connectivity index (χ3v) is 3.43. The summed E-state index contributed by atoms with van der Waals surface area (Å²) in [6, 6.07) is 9.54. The highest BCUT2D eigenvalue weighted by Gasteiger charge is 2.31. The molecule has 114 valence electrons. The van der Waals surface area contributed by atoms with E-state index in [2.05, 4.69) is 17.3 Å². The predicted octanol–water partition coefficient (Wildman–Crippen LogP) is 3.50. The van der Waals surface area contributed by atoms with E-state index in [-0.39, 0.29) is 18.3 Å². The average molecular weight is 328 g/mol. The molecule has 0 radical (unpaired) electrons. The van der Waals surface area contributed by atoms with Crippen molar-refractivity contribution in [3.63, 3.8) is 0 Å². The van der Waals surface area contributed by atoms with Crippen LogP contribution in [0.5, 0.6) is 0 Å². The monoisotopic (exact) mass is 327 g/mol. The number of benzene rings is 1. The number of halogens is 2. The summed E-state index contributed by atoms with van der Waals surface area (Å²) >= 11 is 6.35. The predicted molar refractivity (Wildman–Crippen MR) is 88.2 cm³/mol. The second-order valence-corrected chi connectivity index (χ2v) is 5.70. The Morgan fingerprint density at radius 1 is 1.38 bits per heavy atom. The summed E-state index contributed by atoms with van der Waals surface area (Å²) in [4.78, 5) is 11.3. The highest BCUT2D eigenvalue weighted by molar-refractivity contribution is 6.36. The van der Waals surface area contributed by atoms with Gasteiger partial charge in [0.15, 0.2) is 0 Å². The van der Waals surface area contributed by atoms with Crippen molar-refractivity contribution in [2.75, 3.05) is 5.32 Å². The molecule has 0 saturated heterocycles. The molecule has 1 unspecified atom stereocenters. The molecule has 1 aromatic carbocycles. The zero-order chi connectivity index (χ0) is 14.6. The number of nitrogens with one attached hydrogen (secondary N) is 1. The lowest BCUT2D eigenvalue weighted by Gasteiger charge is -2.22. The molecule has 21 heavy (non-hydrogen) atoms. The molecule has 6 heteroatoms. The largest absolute Gasteiger partial charge is 0.324 e. The molecule has 0 saturated carbocycles. The van der Waals surface area contributed by atoms with Gasteiger partial charge < -0.3 is 5.32 Å². The van der Waals surface area contributed by atoms with Crippen LogP contribution in [-0.2, 0) is 17.8 Å². The second-order valence-electron chi connectivity index (χ2n) is 4.87. The van der Waals surface area contributed by atoms with Gasteiger partial charge in [-0.1, -0.05) is 25.1 Å². The normalized spacial score (nSPS) is 13.1. The number of amides is 1. The van der Waals surface area contributed by atoms with Crippen LogP contribution < -0.4 is 5.32 Å². The van der Waals surface area contributed by atoms with E-state index < -0.39 is 4.87 Å². The van der Waals surface area contributed by atoms with Crippen LogP contribution in [0.25, 0.3) is 0 Å². The maximum atomic E-state index is 12.3. The van der Waals surface area contributed by atoms with Crippen LogP contribution >= 0.6 is 24.0 Å². The number of hydrogen-bond acceptors (Lipinski definition) is 2. The minimum Gasteiger partial charge on any atom is -0.324 e. The van der Waals surface area contributed by atoms with E-state index in [1.54, 1.807) is 30.1 Å². The number of aryl methyl sites for hydroxylation is 1. The molecule has 1 amide bonds. The van der Waals surface area contributed by atoms with Gasteiger partial charge >= 0.3 is 0 Å². The topological polar surface area (TPSA) is 46.9 Å². The fourth-order valence-electron chi connectivity index (χ4n) is 1.97. The van der Waals surface area contributed by atoms with Crippen LogP contribution in [0.15, 0.2) is 42.7 Å². The number of carbonyl (C=O) groups is 1. The number of para-hydroxylation sites is 1. The summed E-state index contributed by atoms with van der Waals surface area (Å²) in [5.74, 6) is -0.226. The highest BCUT2D eigenvalue weighted by atomic mass is 35.5. The zero-order valence-electron chi connectivity index (χ0n) is 12.0. The lowest BCUT2D eigenvalue weighted by molar-refractivity contribution is -0.118.